The van der Waals surface area contributed by atoms with E-state index in [9.17, 15) is 0 Å². The predicted octanol–water partition coefficient (Wildman–Crippen LogP) is 2.61. The van der Waals surface area contributed by atoms with Gasteiger partial charge in [0, 0.05) is 17.4 Å². The van der Waals surface area contributed by atoms with Crippen LogP contribution in [0.15, 0.2) is 6.07 Å². The van der Waals surface area contributed by atoms with Gasteiger partial charge < -0.3 is 10.2 Å². The summed E-state index contributed by atoms with van der Waals surface area (Å²) in [5, 5.41) is 3.59. The second kappa shape index (κ2) is 6.86. The van der Waals surface area contributed by atoms with Crippen molar-refractivity contribution >= 4 is 0 Å². The lowest BCUT2D eigenvalue weighted by molar-refractivity contribution is 0.389. The van der Waals surface area contributed by atoms with E-state index < -0.39 is 0 Å². The molecule has 0 radical (unpaired) electrons. The highest BCUT2D eigenvalue weighted by Gasteiger charge is 2.12. The molecule has 1 aromatic rings. The molecule has 102 valence electrons. The minimum Gasteiger partial charge on any atom is -0.310 e. The Morgan fingerprint density at radius 3 is 2.50 bits per heavy atom. The average Bonchev–Trinajstić information content (AvgIpc) is 2.22. The minimum absolute atomic E-state index is 0.375. The van der Waals surface area contributed by atoms with E-state index >= 15 is 0 Å². The molecule has 0 saturated carbocycles. The molecular formula is C15H27N3. The van der Waals surface area contributed by atoms with Crippen molar-refractivity contribution < 1.29 is 0 Å². The summed E-state index contributed by atoms with van der Waals surface area (Å²) in [6, 6.07) is 2.54. The zero-order valence-electron chi connectivity index (χ0n) is 12.7. The molecular weight excluding hydrogens is 222 g/mol. The van der Waals surface area contributed by atoms with Crippen LogP contribution in [0.5, 0.6) is 0 Å². The molecule has 0 aliphatic carbocycles. The van der Waals surface area contributed by atoms with Gasteiger partial charge in [0.2, 0.25) is 0 Å². The van der Waals surface area contributed by atoms with Crippen LogP contribution in [0.2, 0.25) is 0 Å². The number of nitrogens with one attached hydrogen (secondary N) is 1. The lowest BCUT2D eigenvalue weighted by atomic mass is 10.0. The van der Waals surface area contributed by atoms with Crippen molar-refractivity contribution in [2.24, 2.45) is 0 Å². The Morgan fingerprint density at radius 1 is 1.28 bits per heavy atom. The summed E-state index contributed by atoms with van der Waals surface area (Å²) in [4.78, 5) is 6.78. The van der Waals surface area contributed by atoms with Gasteiger partial charge in [0.15, 0.2) is 0 Å². The van der Waals surface area contributed by atoms with E-state index in [-0.39, 0.29) is 0 Å². The Hall–Kier alpha value is -0.930. The van der Waals surface area contributed by atoms with Crippen LogP contribution in [-0.2, 0) is 0 Å². The molecule has 3 nitrogen and oxygen atoms in total. The first kappa shape index (κ1) is 15.1. The Bertz CT molecular complexity index is 362. The predicted molar refractivity (Wildman–Crippen MR) is 78.0 cm³/mol. The number of hydrogen-bond donors (Lipinski definition) is 1. The standard InChI is InChI=1S/C15H27N3/c1-11-10-12(2)17-14(4)15(11)13(3)16-8-7-9-18(5)6/h10,13,16H,7-9H2,1-6H3. The highest BCUT2D eigenvalue weighted by atomic mass is 15.1. The van der Waals surface area contributed by atoms with E-state index in [1.165, 1.54) is 17.5 Å². The van der Waals surface area contributed by atoms with Gasteiger partial charge in [-0.2, -0.15) is 0 Å². The first-order chi connectivity index (χ1) is 8.41. The summed E-state index contributed by atoms with van der Waals surface area (Å²) < 4.78 is 0. The Balaban J connectivity index is 2.59. The number of aryl methyl sites for hydroxylation is 3. The Kier molecular flexibility index (Phi) is 5.76. The second-order valence-electron chi connectivity index (χ2n) is 5.41. The van der Waals surface area contributed by atoms with Crippen molar-refractivity contribution in [2.75, 3.05) is 27.2 Å². The lowest BCUT2D eigenvalue weighted by Crippen LogP contribution is -2.25. The molecule has 0 aliphatic rings. The number of nitrogens with zero attached hydrogens (tertiary/aromatic N) is 2. The molecule has 3 heteroatoms. The van der Waals surface area contributed by atoms with Crippen LogP contribution in [0.1, 0.15) is 41.9 Å². The second-order valence-corrected chi connectivity index (χ2v) is 5.41. The number of pyridine rings is 1. The molecule has 0 saturated heterocycles. The molecule has 1 N–H and O–H groups in total. The van der Waals surface area contributed by atoms with Crippen LogP contribution >= 0.6 is 0 Å². The molecule has 1 heterocycles. The van der Waals surface area contributed by atoms with Crippen LogP contribution in [0.4, 0.5) is 0 Å². The zero-order chi connectivity index (χ0) is 13.7. The van der Waals surface area contributed by atoms with Gasteiger partial charge in [0.05, 0.1) is 0 Å². The van der Waals surface area contributed by atoms with Gasteiger partial charge in [-0.1, -0.05) is 0 Å². The van der Waals surface area contributed by atoms with E-state index in [2.05, 4.69) is 63.1 Å². The van der Waals surface area contributed by atoms with Crippen LogP contribution in [0, 0.1) is 20.8 Å². The van der Waals surface area contributed by atoms with Crippen LogP contribution in [-0.4, -0.2) is 37.1 Å². The number of hydrogen-bond acceptors (Lipinski definition) is 3. The SMILES string of the molecule is Cc1cc(C)c(C(C)NCCCN(C)C)c(C)n1. The first-order valence-corrected chi connectivity index (χ1v) is 6.74. The van der Waals surface area contributed by atoms with Crippen molar-refractivity contribution in [3.63, 3.8) is 0 Å². The third-order valence-electron chi connectivity index (χ3n) is 3.25. The molecule has 0 aliphatic heterocycles. The Labute approximate surface area is 112 Å². The molecule has 1 unspecified atom stereocenters. The molecule has 0 amide bonds. The van der Waals surface area contributed by atoms with Gasteiger partial charge in [0.25, 0.3) is 0 Å². The molecule has 1 atom stereocenters. The van der Waals surface area contributed by atoms with Gasteiger partial charge >= 0.3 is 0 Å². The maximum Gasteiger partial charge on any atom is 0.0426 e. The molecule has 1 aromatic heterocycles. The van der Waals surface area contributed by atoms with Crippen molar-refractivity contribution in [1.82, 2.24) is 15.2 Å². The molecule has 18 heavy (non-hydrogen) atoms. The summed E-state index contributed by atoms with van der Waals surface area (Å²) >= 11 is 0. The van der Waals surface area contributed by atoms with Gasteiger partial charge in [-0.15, -0.1) is 0 Å². The third kappa shape index (κ3) is 4.39. The highest BCUT2D eigenvalue weighted by molar-refractivity contribution is 5.33. The van der Waals surface area contributed by atoms with Crippen LogP contribution < -0.4 is 5.32 Å². The number of rotatable bonds is 6. The van der Waals surface area contributed by atoms with E-state index in [0.717, 1.165) is 24.5 Å². The first-order valence-electron chi connectivity index (χ1n) is 6.74. The summed E-state index contributed by atoms with van der Waals surface area (Å²) in [5.41, 5.74) is 4.95. The fourth-order valence-corrected chi connectivity index (χ4v) is 2.50. The molecule has 0 spiro atoms. The minimum atomic E-state index is 0.375. The molecule has 0 fully saturated rings. The summed E-state index contributed by atoms with van der Waals surface area (Å²) in [7, 11) is 4.23. The lowest BCUT2D eigenvalue weighted by Gasteiger charge is -2.19. The van der Waals surface area contributed by atoms with Gasteiger partial charge in [-0.25, -0.2) is 0 Å². The average molecular weight is 249 g/mol. The van der Waals surface area contributed by atoms with Gasteiger partial charge in [-0.05, 0) is 78.5 Å². The van der Waals surface area contributed by atoms with Gasteiger partial charge in [-0.3, -0.25) is 4.98 Å². The summed E-state index contributed by atoms with van der Waals surface area (Å²) in [6.07, 6.45) is 1.18. The van der Waals surface area contributed by atoms with Crippen molar-refractivity contribution in [3.8, 4) is 0 Å². The fraction of sp³-hybridized carbons (Fsp3) is 0.667. The van der Waals surface area contributed by atoms with Crippen molar-refractivity contribution in [2.45, 2.75) is 40.2 Å². The van der Waals surface area contributed by atoms with E-state index in [1.54, 1.807) is 0 Å². The maximum absolute atomic E-state index is 4.56. The topological polar surface area (TPSA) is 28.2 Å². The number of aromatic nitrogens is 1. The smallest absolute Gasteiger partial charge is 0.0426 e. The zero-order valence-corrected chi connectivity index (χ0v) is 12.7. The van der Waals surface area contributed by atoms with Crippen molar-refractivity contribution in [1.29, 1.82) is 0 Å². The third-order valence-corrected chi connectivity index (χ3v) is 3.25. The van der Waals surface area contributed by atoms with Crippen LogP contribution in [0.25, 0.3) is 0 Å². The normalized spacial score (nSPS) is 13.1. The van der Waals surface area contributed by atoms with E-state index in [0.29, 0.717) is 6.04 Å². The largest absolute Gasteiger partial charge is 0.310 e. The molecule has 0 aromatic carbocycles. The summed E-state index contributed by atoms with van der Waals surface area (Å²) in [6.45, 7) is 10.7. The van der Waals surface area contributed by atoms with Crippen molar-refractivity contribution in [3.05, 3.63) is 28.6 Å². The highest BCUT2D eigenvalue weighted by Crippen LogP contribution is 2.20. The quantitative estimate of drug-likeness (QED) is 0.786. The summed E-state index contributed by atoms with van der Waals surface area (Å²) in [5.74, 6) is 0. The monoisotopic (exact) mass is 249 g/mol. The molecule has 0 bridgehead atoms. The maximum atomic E-state index is 4.56. The fourth-order valence-electron chi connectivity index (χ4n) is 2.50. The van der Waals surface area contributed by atoms with E-state index in [4.69, 9.17) is 0 Å². The Morgan fingerprint density at radius 2 is 1.94 bits per heavy atom. The molecule has 1 rings (SSSR count). The van der Waals surface area contributed by atoms with Gasteiger partial charge in [0.1, 0.15) is 0 Å². The van der Waals surface area contributed by atoms with E-state index in [1.807, 2.05) is 0 Å². The van der Waals surface area contributed by atoms with Crippen LogP contribution in [0.3, 0.4) is 0 Å².